The lowest BCUT2D eigenvalue weighted by Crippen LogP contribution is -2.38. The summed E-state index contributed by atoms with van der Waals surface area (Å²) in [6, 6.07) is 25.1. The molecule has 144 valence electrons. The van der Waals surface area contributed by atoms with Gasteiger partial charge >= 0.3 is 0 Å². The molecule has 0 saturated heterocycles. The molecule has 3 aromatic carbocycles. The third kappa shape index (κ3) is 3.00. The first-order chi connectivity index (χ1) is 13.8. The van der Waals surface area contributed by atoms with Gasteiger partial charge in [0.1, 0.15) is 7.05 Å². The summed E-state index contributed by atoms with van der Waals surface area (Å²) in [5.74, 6) is 0. The van der Waals surface area contributed by atoms with Crippen LogP contribution in [0.25, 0.3) is 42.3 Å². The Balaban J connectivity index is 1.72. The molecule has 0 aliphatic heterocycles. The maximum Gasteiger partial charge on any atom is 0.213 e. The summed E-state index contributed by atoms with van der Waals surface area (Å²) < 4.78 is 5.08. The van der Waals surface area contributed by atoms with Gasteiger partial charge in [0.25, 0.3) is 0 Å². The normalized spacial score (nSPS) is 12.3. The number of fused-ring (bicyclic) bond motifs is 4. The first-order valence-electron chi connectivity index (χ1n) is 10.2. The zero-order chi connectivity index (χ0) is 20.3. The molecule has 5 aromatic rings. The van der Waals surface area contributed by atoms with E-state index < -0.39 is 8.07 Å². The van der Waals surface area contributed by atoms with Crippen molar-refractivity contribution in [2.24, 2.45) is 7.05 Å². The first-order valence-corrected chi connectivity index (χ1v) is 14.5. The molecule has 1 nitrogen and oxygen atoms in total. The predicted molar refractivity (Wildman–Crippen MR) is 131 cm³/mol. The van der Waals surface area contributed by atoms with Crippen molar-refractivity contribution in [3.63, 3.8) is 0 Å². The lowest BCUT2D eigenvalue weighted by atomic mass is 10.0. The number of benzene rings is 3. The summed E-state index contributed by atoms with van der Waals surface area (Å²) in [5.41, 5.74) is 5.22. The van der Waals surface area contributed by atoms with E-state index in [1.807, 2.05) is 11.3 Å². The molecule has 5 rings (SSSR count). The smallest absolute Gasteiger partial charge is 0.194 e. The summed E-state index contributed by atoms with van der Waals surface area (Å²) in [5, 5.41) is 5.58. The molecular weight excluding hydrogens is 386 g/mol. The molecule has 0 atom stereocenters. The number of hydrogen-bond donors (Lipinski definition) is 0. The van der Waals surface area contributed by atoms with Crippen molar-refractivity contribution in [3.8, 4) is 11.3 Å². The van der Waals surface area contributed by atoms with Crippen LogP contribution in [0.5, 0.6) is 0 Å². The number of aryl methyl sites for hydroxylation is 2. The van der Waals surface area contributed by atoms with Crippen molar-refractivity contribution >= 4 is 55.7 Å². The van der Waals surface area contributed by atoms with Gasteiger partial charge in [-0.05, 0) is 42.8 Å². The fourth-order valence-corrected chi connectivity index (χ4v) is 6.60. The lowest BCUT2D eigenvalue weighted by molar-refractivity contribution is -0.633. The number of aromatic nitrogens is 1. The Morgan fingerprint density at radius 1 is 0.793 bits per heavy atom. The van der Waals surface area contributed by atoms with E-state index in [0.717, 1.165) is 0 Å². The molecular formula is C26H26NSSi+. The van der Waals surface area contributed by atoms with Crippen LogP contribution in [0.1, 0.15) is 5.56 Å². The highest BCUT2D eigenvalue weighted by molar-refractivity contribution is 7.25. The van der Waals surface area contributed by atoms with Crippen LogP contribution in [0.4, 0.5) is 0 Å². The van der Waals surface area contributed by atoms with Crippen LogP contribution in [-0.4, -0.2) is 8.07 Å². The largest absolute Gasteiger partial charge is 0.213 e. The molecule has 0 radical (unpaired) electrons. The van der Waals surface area contributed by atoms with E-state index in [1.54, 1.807) is 0 Å². The maximum absolute atomic E-state index is 2.41. The van der Waals surface area contributed by atoms with E-state index >= 15 is 0 Å². The number of thiophene rings is 1. The van der Waals surface area contributed by atoms with Gasteiger partial charge in [-0.3, -0.25) is 0 Å². The van der Waals surface area contributed by atoms with Crippen molar-refractivity contribution in [2.75, 3.05) is 0 Å². The lowest BCUT2D eigenvalue weighted by Gasteiger charge is -2.16. The summed E-state index contributed by atoms with van der Waals surface area (Å²) in [6.45, 7) is 9.46. The van der Waals surface area contributed by atoms with Gasteiger partial charge in [0.2, 0.25) is 11.2 Å². The van der Waals surface area contributed by atoms with Crippen molar-refractivity contribution in [1.29, 1.82) is 0 Å². The van der Waals surface area contributed by atoms with Crippen molar-refractivity contribution < 1.29 is 4.57 Å². The Hall–Kier alpha value is -2.49. The third-order valence-corrected chi connectivity index (χ3v) is 9.21. The Bertz CT molecular complexity index is 1410. The van der Waals surface area contributed by atoms with Crippen LogP contribution in [0, 0.1) is 6.92 Å². The topological polar surface area (TPSA) is 3.88 Å². The zero-order valence-corrected chi connectivity index (χ0v) is 19.5. The molecule has 2 aromatic heterocycles. The number of pyridine rings is 1. The number of hydrogen-bond acceptors (Lipinski definition) is 1. The van der Waals surface area contributed by atoms with E-state index in [4.69, 9.17) is 0 Å². The quantitative estimate of drug-likeness (QED) is 0.228. The Morgan fingerprint density at radius 3 is 2.38 bits per heavy atom. The average molecular weight is 413 g/mol. The predicted octanol–water partition coefficient (Wildman–Crippen LogP) is 6.55. The fraction of sp³-hybridized carbons (Fsp3) is 0.192. The van der Waals surface area contributed by atoms with Gasteiger partial charge in [0.15, 0.2) is 0 Å². The monoisotopic (exact) mass is 412 g/mol. The zero-order valence-electron chi connectivity index (χ0n) is 17.7. The van der Waals surface area contributed by atoms with Gasteiger partial charge in [-0.2, -0.15) is 4.57 Å². The van der Waals surface area contributed by atoms with Crippen LogP contribution in [0.3, 0.4) is 0 Å². The minimum absolute atomic E-state index is 1.27. The van der Waals surface area contributed by atoms with E-state index in [9.17, 15) is 0 Å². The van der Waals surface area contributed by atoms with E-state index in [-0.39, 0.29) is 0 Å². The summed E-state index contributed by atoms with van der Waals surface area (Å²) in [7, 11) is 0.886. The Labute approximate surface area is 177 Å². The second-order valence-electron chi connectivity index (χ2n) is 9.06. The van der Waals surface area contributed by atoms with Gasteiger partial charge in [-0.25, -0.2) is 0 Å². The Morgan fingerprint density at radius 2 is 1.59 bits per heavy atom. The van der Waals surface area contributed by atoms with Crippen LogP contribution >= 0.6 is 11.3 Å². The molecule has 0 unspecified atom stereocenters. The molecule has 0 N–H and O–H groups in total. The van der Waals surface area contributed by atoms with Crippen LogP contribution < -0.4 is 9.75 Å². The molecule has 0 spiro atoms. The van der Waals surface area contributed by atoms with E-state index in [1.165, 1.54) is 53.1 Å². The van der Waals surface area contributed by atoms with E-state index in [2.05, 4.69) is 105 Å². The van der Waals surface area contributed by atoms with Crippen molar-refractivity contribution in [2.45, 2.75) is 26.6 Å². The molecule has 29 heavy (non-hydrogen) atoms. The van der Waals surface area contributed by atoms with Gasteiger partial charge in [0, 0.05) is 37.7 Å². The molecule has 2 heterocycles. The first kappa shape index (κ1) is 18.5. The molecule has 0 aliphatic rings. The van der Waals surface area contributed by atoms with Crippen LogP contribution in [-0.2, 0) is 7.05 Å². The van der Waals surface area contributed by atoms with Crippen molar-refractivity contribution in [3.05, 3.63) is 72.3 Å². The van der Waals surface area contributed by atoms with Crippen molar-refractivity contribution in [1.82, 2.24) is 0 Å². The molecule has 0 bridgehead atoms. The SMILES string of the molecule is Cc1cc2c(cc1-c1ccc3cc([Si](C)(C)C)ccc3[n+]1C)sc1ccccc12. The number of rotatable bonds is 2. The summed E-state index contributed by atoms with van der Waals surface area (Å²) in [4.78, 5) is 0. The second kappa shape index (κ2) is 6.51. The standard InChI is InChI=1S/C26H26NSSi/c1-17-14-22-20-8-6-7-9-25(20)28-26(22)16-21(17)24-12-10-18-15-19(29(3,4)5)11-13-23(18)27(24)2/h6-16H,1-5H3/q+1. The minimum atomic E-state index is -1.31. The van der Waals surface area contributed by atoms with Gasteiger partial charge in [-0.15, -0.1) is 11.3 Å². The molecule has 0 aliphatic carbocycles. The van der Waals surface area contributed by atoms with Crippen LogP contribution in [0.2, 0.25) is 19.6 Å². The van der Waals surface area contributed by atoms with Gasteiger partial charge in [0.05, 0.1) is 13.6 Å². The fourth-order valence-electron chi connectivity index (χ4n) is 4.30. The molecule has 0 fully saturated rings. The van der Waals surface area contributed by atoms with Gasteiger partial charge < -0.3 is 0 Å². The third-order valence-electron chi connectivity index (χ3n) is 6.04. The highest BCUT2D eigenvalue weighted by Crippen LogP contribution is 2.37. The maximum atomic E-state index is 2.41. The second-order valence-corrected chi connectivity index (χ2v) is 15.2. The van der Waals surface area contributed by atoms with E-state index in [0.29, 0.717) is 0 Å². The molecule has 0 amide bonds. The number of nitrogens with zero attached hydrogens (tertiary/aromatic N) is 1. The molecule has 3 heteroatoms. The molecule has 0 saturated carbocycles. The highest BCUT2D eigenvalue weighted by Gasteiger charge is 2.21. The van der Waals surface area contributed by atoms with Crippen LogP contribution in [0.15, 0.2) is 66.7 Å². The highest BCUT2D eigenvalue weighted by atomic mass is 32.1. The summed E-state index contributed by atoms with van der Waals surface area (Å²) in [6.07, 6.45) is 0. The Kier molecular flexibility index (Phi) is 4.16. The van der Waals surface area contributed by atoms with Gasteiger partial charge in [-0.1, -0.05) is 49.1 Å². The summed E-state index contributed by atoms with van der Waals surface area (Å²) >= 11 is 1.89. The average Bonchev–Trinajstić information content (AvgIpc) is 3.04. The minimum Gasteiger partial charge on any atom is -0.194 e.